The first kappa shape index (κ1) is 13.4. The molecule has 0 heterocycles. The Morgan fingerprint density at radius 1 is 1.59 bits per heavy atom. The molecule has 1 aromatic rings. The second kappa shape index (κ2) is 6.20. The van der Waals surface area contributed by atoms with Gasteiger partial charge in [-0.25, -0.2) is 4.39 Å². The monoisotopic (exact) mass is 258 g/mol. The minimum absolute atomic E-state index is 0.135. The van der Waals surface area contributed by atoms with Crippen LogP contribution < -0.4 is 5.32 Å². The molecule has 0 unspecified atom stereocenters. The van der Waals surface area contributed by atoms with Gasteiger partial charge in [0.25, 0.3) is 5.69 Å². The number of nitrogens with zero attached hydrogens (tertiary/aromatic N) is 1. The van der Waals surface area contributed by atoms with Crippen molar-refractivity contribution in [2.24, 2.45) is 0 Å². The van der Waals surface area contributed by atoms with Gasteiger partial charge >= 0.3 is 0 Å². The van der Waals surface area contributed by atoms with Crippen molar-refractivity contribution in [3.63, 3.8) is 0 Å². The minimum Gasteiger partial charge on any atom is -0.379 e. The number of allylic oxidation sites excluding steroid dienone is 1. The molecular weight excluding hydrogens is 247 g/mol. The third-order valence-corrected chi connectivity index (χ3v) is 2.39. The molecule has 1 rings (SSSR count). The van der Waals surface area contributed by atoms with Gasteiger partial charge in [-0.1, -0.05) is 23.8 Å². The highest BCUT2D eigenvalue weighted by Crippen LogP contribution is 2.30. The molecule has 92 valence electrons. The van der Waals surface area contributed by atoms with Gasteiger partial charge in [-0.2, -0.15) is 0 Å². The van der Waals surface area contributed by atoms with E-state index in [0.29, 0.717) is 6.54 Å². The van der Waals surface area contributed by atoms with E-state index in [1.807, 2.05) is 19.1 Å². The summed E-state index contributed by atoms with van der Waals surface area (Å²) in [6.07, 6.45) is 4.53. The van der Waals surface area contributed by atoms with Crippen molar-refractivity contribution in [3.8, 4) is 0 Å². The third kappa shape index (κ3) is 3.71. The molecule has 0 aliphatic rings. The van der Waals surface area contributed by atoms with E-state index < -0.39 is 10.7 Å². The number of hydrogen-bond acceptors (Lipinski definition) is 3. The predicted molar refractivity (Wildman–Crippen MR) is 66.0 cm³/mol. The van der Waals surface area contributed by atoms with Gasteiger partial charge in [0.15, 0.2) is 0 Å². The first-order chi connectivity index (χ1) is 8.06. The zero-order chi connectivity index (χ0) is 12.8. The van der Waals surface area contributed by atoms with Crippen LogP contribution >= 0.6 is 11.6 Å². The van der Waals surface area contributed by atoms with E-state index in [9.17, 15) is 14.5 Å². The van der Waals surface area contributed by atoms with Crippen molar-refractivity contribution < 1.29 is 9.31 Å². The number of halogens is 2. The van der Waals surface area contributed by atoms with Crippen LogP contribution in [0.15, 0.2) is 24.3 Å². The van der Waals surface area contributed by atoms with Crippen molar-refractivity contribution in [2.45, 2.75) is 13.3 Å². The summed E-state index contributed by atoms with van der Waals surface area (Å²) in [7, 11) is 0. The smallest absolute Gasteiger partial charge is 0.295 e. The summed E-state index contributed by atoms with van der Waals surface area (Å²) in [5.41, 5.74) is -0.0849. The number of hydrogen-bond donors (Lipinski definition) is 1. The van der Waals surface area contributed by atoms with Crippen LogP contribution in [0.25, 0.3) is 0 Å². The quantitative estimate of drug-likeness (QED) is 0.379. The minimum atomic E-state index is -0.794. The maximum atomic E-state index is 13.1. The maximum Gasteiger partial charge on any atom is 0.295 e. The van der Waals surface area contributed by atoms with E-state index in [1.165, 1.54) is 6.07 Å². The molecule has 0 amide bonds. The van der Waals surface area contributed by atoms with Gasteiger partial charge in [-0.3, -0.25) is 10.1 Å². The number of rotatable bonds is 5. The van der Waals surface area contributed by atoms with Gasteiger partial charge in [-0.05, 0) is 19.4 Å². The molecule has 0 bridgehead atoms. The molecule has 1 aromatic carbocycles. The Labute approximate surface area is 103 Å². The molecule has 4 nitrogen and oxygen atoms in total. The fraction of sp³-hybridized carbons (Fsp3) is 0.273. The highest BCUT2D eigenvalue weighted by atomic mass is 35.5. The molecule has 0 atom stereocenters. The van der Waals surface area contributed by atoms with Gasteiger partial charge < -0.3 is 5.32 Å². The number of anilines is 1. The molecule has 6 heteroatoms. The lowest BCUT2D eigenvalue weighted by Crippen LogP contribution is -2.04. The van der Waals surface area contributed by atoms with E-state index in [0.717, 1.165) is 12.5 Å². The molecule has 0 fully saturated rings. The first-order valence-corrected chi connectivity index (χ1v) is 5.42. The Hall–Kier alpha value is -1.62. The Balaban J connectivity index is 2.88. The summed E-state index contributed by atoms with van der Waals surface area (Å²) >= 11 is 5.58. The second-order valence-electron chi connectivity index (χ2n) is 3.33. The van der Waals surface area contributed by atoms with Crippen LogP contribution in [0.1, 0.15) is 13.3 Å². The molecule has 0 aromatic heterocycles. The number of nitro groups is 1. The highest BCUT2D eigenvalue weighted by Gasteiger charge is 2.17. The SMILES string of the molecule is C/C=C/CCNc1cc(Cl)c(F)cc1[N+](=O)[O-]. The first-order valence-electron chi connectivity index (χ1n) is 5.04. The lowest BCUT2D eigenvalue weighted by molar-refractivity contribution is -0.384. The van der Waals surface area contributed by atoms with Gasteiger partial charge in [0.05, 0.1) is 16.0 Å². The van der Waals surface area contributed by atoms with Crippen molar-refractivity contribution in [1.82, 2.24) is 0 Å². The molecule has 17 heavy (non-hydrogen) atoms. The Bertz CT molecular complexity index is 449. The zero-order valence-corrected chi connectivity index (χ0v) is 10.00. The number of nitrogens with one attached hydrogen (secondary N) is 1. The largest absolute Gasteiger partial charge is 0.379 e. The van der Waals surface area contributed by atoms with Crippen LogP contribution in [-0.4, -0.2) is 11.5 Å². The summed E-state index contributed by atoms with van der Waals surface area (Å²) in [6, 6.07) is 2.05. The van der Waals surface area contributed by atoms with E-state index in [2.05, 4.69) is 5.32 Å². The van der Waals surface area contributed by atoms with Crippen molar-refractivity contribution in [3.05, 3.63) is 45.2 Å². The Kier molecular flexibility index (Phi) is 4.90. The molecule has 0 spiro atoms. The van der Waals surface area contributed by atoms with Crippen LogP contribution in [0.5, 0.6) is 0 Å². The number of nitro benzene ring substituents is 1. The summed E-state index contributed by atoms with van der Waals surface area (Å²) < 4.78 is 13.1. The van der Waals surface area contributed by atoms with Gasteiger partial charge in [0.1, 0.15) is 11.5 Å². The lowest BCUT2D eigenvalue weighted by atomic mass is 10.2. The van der Waals surface area contributed by atoms with Crippen molar-refractivity contribution in [2.75, 3.05) is 11.9 Å². The topological polar surface area (TPSA) is 55.2 Å². The summed E-state index contributed by atoms with van der Waals surface area (Å²) in [5.74, 6) is -0.794. The van der Waals surface area contributed by atoms with E-state index in [1.54, 1.807) is 0 Å². The summed E-state index contributed by atoms with van der Waals surface area (Å²) in [5, 5.41) is 13.4. The van der Waals surface area contributed by atoms with Crippen LogP contribution in [0.3, 0.4) is 0 Å². The Morgan fingerprint density at radius 2 is 2.29 bits per heavy atom. The molecule has 1 N–H and O–H groups in total. The molecule has 0 radical (unpaired) electrons. The fourth-order valence-corrected chi connectivity index (χ4v) is 1.45. The lowest BCUT2D eigenvalue weighted by Gasteiger charge is -2.06. The molecule has 0 saturated heterocycles. The van der Waals surface area contributed by atoms with E-state index in [-0.39, 0.29) is 16.4 Å². The average Bonchev–Trinajstić information content (AvgIpc) is 2.28. The number of benzene rings is 1. The average molecular weight is 259 g/mol. The van der Waals surface area contributed by atoms with Crippen LogP contribution in [0.2, 0.25) is 5.02 Å². The second-order valence-corrected chi connectivity index (χ2v) is 3.73. The molecule has 0 aliphatic heterocycles. The highest BCUT2D eigenvalue weighted by molar-refractivity contribution is 6.31. The third-order valence-electron chi connectivity index (χ3n) is 2.10. The van der Waals surface area contributed by atoms with E-state index >= 15 is 0 Å². The fourth-order valence-electron chi connectivity index (χ4n) is 1.29. The van der Waals surface area contributed by atoms with Gasteiger partial charge in [0.2, 0.25) is 0 Å². The van der Waals surface area contributed by atoms with Crippen molar-refractivity contribution >= 4 is 23.0 Å². The Morgan fingerprint density at radius 3 is 2.88 bits per heavy atom. The molecule has 0 aliphatic carbocycles. The zero-order valence-electron chi connectivity index (χ0n) is 9.24. The maximum absolute atomic E-state index is 13.1. The van der Waals surface area contributed by atoms with Crippen LogP contribution in [0.4, 0.5) is 15.8 Å². The van der Waals surface area contributed by atoms with Crippen molar-refractivity contribution in [1.29, 1.82) is 0 Å². The summed E-state index contributed by atoms with van der Waals surface area (Å²) in [6.45, 7) is 2.41. The standard InChI is InChI=1S/C11H12ClFN2O2/c1-2-3-4-5-14-10-6-8(12)9(13)7-11(10)15(16)17/h2-3,6-7,14H,4-5H2,1H3/b3-2+. The molecular formula is C11H12ClFN2O2. The molecule has 0 saturated carbocycles. The summed E-state index contributed by atoms with van der Waals surface area (Å²) in [4.78, 5) is 10.1. The van der Waals surface area contributed by atoms with E-state index in [4.69, 9.17) is 11.6 Å². The van der Waals surface area contributed by atoms with Gasteiger partial charge in [-0.15, -0.1) is 0 Å². The normalized spacial score (nSPS) is 10.8. The van der Waals surface area contributed by atoms with Crippen LogP contribution in [0, 0.1) is 15.9 Å². The predicted octanol–water partition coefficient (Wildman–Crippen LogP) is 3.77. The van der Waals surface area contributed by atoms with Gasteiger partial charge in [0, 0.05) is 6.54 Å². The van der Waals surface area contributed by atoms with Crippen LogP contribution in [-0.2, 0) is 0 Å².